The lowest BCUT2D eigenvalue weighted by Gasteiger charge is -2.07. The predicted molar refractivity (Wildman–Crippen MR) is 74.8 cm³/mol. The van der Waals surface area contributed by atoms with E-state index in [9.17, 15) is 22.9 Å². The summed E-state index contributed by atoms with van der Waals surface area (Å²) in [5.74, 6) is -1.12. The highest BCUT2D eigenvalue weighted by Crippen LogP contribution is 2.24. The third kappa shape index (κ3) is 3.34. The lowest BCUT2D eigenvalue weighted by atomic mass is 10.2. The first-order chi connectivity index (χ1) is 9.79. The number of halogens is 1. The zero-order valence-corrected chi connectivity index (χ0v) is 11.5. The van der Waals surface area contributed by atoms with Crippen molar-refractivity contribution in [3.63, 3.8) is 0 Å². The molecule has 0 radical (unpaired) electrons. The molecule has 0 spiro atoms. The van der Waals surface area contributed by atoms with E-state index in [1.165, 1.54) is 30.3 Å². The quantitative estimate of drug-likeness (QED) is 0.530. The minimum absolute atomic E-state index is 0.0432. The second-order valence-corrected chi connectivity index (χ2v) is 6.32. The van der Waals surface area contributed by atoms with Gasteiger partial charge in [-0.15, -0.1) is 0 Å². The van der Waals surface area contributed by atoms with Crippen molar-refractivity contribution in [2.24, 2.45) is 0 Å². The fourth-order valence-electron chi connectivity index (χ4n) is 1.79. The average Bonchev–Trinajstić information content (AvgIpc) is 2.41. The van der Waals surface area contributed by atoms with Crippen LogP contribution in [0.15, 0.2) is 47.4 Å². The van der Waals surface area contributed by atoms with Crippen molar-refractivity contribution in [3.8, 4) is 0 Å². The van der Waals surface area contributed by atoms with Crippen molar-refractivity contribution in [2.75, 3.05) is 5.73 Å². The van der Waals surface area contributed by atoms with Gasteiger partial charge in [-0.3, -0.25) is 10.1 Å². The molecule has 0 fully saturated rings. The minimum Gasteiger partial charge on any atom is -0.398 e. The fourth-order valence-corrected chi connectivity index (χ4v) is 3.29. The molecule has 0 bridgehead atoms. The molecule has 0 saturated heterocycles. The maximum Gasteiger partial charge on any atom is 0.269 e. The van der Waals surface area contributed by atoms with Gasteiger partial charge in [-0.05, 0) is 23.8 Å². The second kappa shape index (κ2) is 5.49. The van der Waals surface area contributed by atoms with Crippen LogP contribution in [0.2, 0.25) is 0 Å². The summed E-state index contributed by atoms with van der Waals surface area (Å²) >= 11 is 0. The molecule has 21 heavy (non-hydrogen) atoms. The average molecular weight is 310 g/mol. The van der Waals surface area contributed by atoms with Gasteiger partial charge in [-0.1, -0.05) is 12.1 Å². The van der Waals surface area contributed by atoms with Crippen LogP contribution in [0.4, 0.5) is 15.8 Å². The van der Waals surface area contributed by atoms with Crippen LogP contribution in [0, 0.1) is 15.9 Å². The number of nitro groups is 1. The summed E-state index contributed by atoms with van der Waals surface area (Å²) in [4.78, 5) is 9.66. The van der Waals surface area contributed by atoms with Crippen LogP contribution in [0.3, 0.4) is 0 Å². The highest BCUT2D eigenvalue weighted by molar-refractivity contribution is 7.90. The molecule has 0 heterocycles. The molecule has 0 saturated carbocycles. The topological polar surface area (TPSA) is 103 Å². The van der Waals surface area contributed by atoms with Crippen molar-refractivity contribution < 1.29 is 17.7 Å². The summed E-state index contributed by atoms with van der Waals surface area (Å²) in [5, 5.41) is 10.5. The lowest BCUT2D eigenvalue weighted by molar-refractivity contribution is -0.384. The van der Waals surface area contributed by atoms with Crippen molar-refractivity contribution in [1.82, 2.24) is 0 Å². The molecular weight excluding hydrogens is 299 g/mol. The molecule has 2 N–H and O–H groups in total. The Balaban J connectivity index is 2.33. The van der Waals surface area contributed by atoms with Gasteiger partial charge in [-0.25, -0.2) is 12.8 Å². The maximum atomic E-state index is 13.2. The van der Waals surface area contributed by atoms with Gasteiger partial charge < -0.3 is 5.73 Å². The van der Waals surface area contributed by atoms with Crippen LogP contribution in [0.1, 0.15) is 5.56 Å². The first-order valence-corrected chi connectivity index (χ1v) is 7.46. The Morgan fingerprint density at radius 2 is 1.76 bits per heavy atom. The van der Waals surface area contributed by atoms with Gasteiger partial charge in [0.1, 0.15) is 5.82 Å². The summed E-state index contributed by atoms with van der Waals surface area (Å²) < 4.78 is 37.6. The number of sulfone groups is 1. The molecule has 0 unspecified atom stereocenters. The van der Waals surface area contributed by atoms with Gasteiger partial charge in [-0.2, -0.15) is 0 Å². The van der Waals surface area contributed by atoms with E-state index in [-0.39, 0.29) is 16.3 Å². The third-order valence-electron chi connectivity index (χ3n) is 2.81. The molecule has 2 aromatic rings. The number of non-ortho nitro benzene ring substituents is 1. The number of nitrogens with zero attached hydrogens (tertiary/aromatic N) is 1. The lowest BCUT2D eigenvalue weighted by Crippen LogP contribution is -2.08. The molecule has 6 nitrogen and oxygen atoms in total. The summed E-state index contributed by atoms with van der Waals surface area (Å²) in [5.41, 5.74) is 5.73. The number of benzene rings is 2. The highest BCUT2D eigenvalue weighted by atomic mass is 32.2. The normalized spacial score (nSPS) is 11.3. The summed E-state index contributed by atoms with van der Waals surface area (Å²) in [6.45, 7) is 0. The largest absolute Gasteiger partial charge is 0.398 e. The van der Waals surface area contributed by atoms with Gasteiger partial charge in [0.05, 0.1) is 21.3 Å². The molecule has 2 aromatic carbocycles. The summed E-state index contributed by atoms with van der Waals surface area (Å²) in [6.07, 6.45) is 0. The van der Waals surface area contributed by atoms with E-state index >= 15 is 0 Å². The Kier molecular flexibility index (Phi) is 3.90. The van der Waals surface area contributed by atoms with E-state index in [1.54, 1.807) is 0 Å². The zero-order chi connectivity index (χ0) is 15.6. The Morgan fingerprint density at radius 3 is 2.33 bits per heavy atom. The number of hydrogen-bond acceptors (Lipinski definition) is 5. The minimum atomic E-state index is -3.83. The van der Waals surface area contributed by atoms with E-state index in [0.717, 1.165) is 12.1 Å². The zero-order valence-electron chi connectivity index (χ0n) is 10.7. The Morgan fingerprint density at radius 1 is 1.14 bits per heavy atom. The van der Waals surface area contributed by atoms with Crippen LogP contribution in [-0.2, 0) is 15.6 Å². The van der Waals surface area contributed by atoms with Crippen molar-refractivity contribution in [2.45, 2.75) is 10.6 Å². The number of nitrogen functional groups attached to an aromatic ring is 1. The Labute approximate surface area is 120 Å². The van der Waals surface area contributed by atoms with Gasteiger partial charge in [0, 0.05) is 12.1 Å². The molecule has 8 heteroatoms. The number of nitro benzene ring substituents is 1. The molecular formula is C13H11FN2O4S. The van der Waals surface area contributed by atoms with Crippen LogP contribution in [0.25, 0.3) is 0 Å². The summed E-state index contributed by atoms with van der Waals surface area (Å²) in [6, 6.07) is 8.20. The second-order valence-electron chi connectivity index (χ2n) is 4.36. The molecule has 2 rings (SSSR count). The standard InChI is InChI=1S/C13H11FN2O4S/c14-10-3-6-12(15)13(7-10)21(19,20)8-9-1-4-11(5-2-9)16(17)18/h1-7H,8,15H2. The van der Waals surface area contributed by atoms with Gasteiger partial charge in [0.15, 0.2) is 9.84 Å². The van der Waals surface area contributed by atoms with Gasteiger partial charge >= 0.3 is 0 Å². The van der Waals surface area contributed by atoms with Crippen LogP contribution in [0.5, 0.6) is 0 Å². The smallest absolute Gasteiger partial charge is 0.269 e. The fraction of sp³-hybridized carbons (Fsp3) is 0.0769. The molecule has 0 amide bonds. The monoisotopic (exact) mass is 310 g/mol. The van der Waals surface area contributed by atoms with Crippen LogP contribution in [-0.4, -0.2) is 13.3 Å². The summed E-state index contributed by atoms with van der Waals surface area (Å²) in [7, 11) is -3.83. The Bertz CT molecular complexity index is 788. The number of hydrogen-bond donors (Lipinski definition) is 1. The number of anilines is 1. The van der Waals surface area contributed by atoms with Crippen LogP contribution < -0.4 is 5.73 Å². The molecule has 0 atom stereocenters. The van der Waals surface area contributed by atoms with Crippen LogP contribution >= 0.6 is 0 Å². The number of rotatable bonds is 4. The number of nitrogens with two attached hydrogens (primary N) is 1. The Hall–Kier alpha value is -2.48. The van der Waals surface area contributed by atoms with E-state index in [2.05, 4.69) is 0 Å². The molecule has 0 aromatic heterocycles. The highest BCUT2D eigenvalue weighted by Gasteiger charge is 2.19. The van der Waals surface area contributed by atoms with E-state index in [4.69, 9.17) is 5.73 Å². The van der Waals surface area contributed by atoms with E-state index in [1.807, 2.05) is 0 Å². The predicted octanol–water partition coefficient (Wildman–Crippen LogP) is 2.29. The maximum absolute atomic E-state index is 13.2. The van der Waals surface area contributed by atoms with Gasteiger partial charge in [0.25, 0.3) is 5.69 Å². The first-order valence-electron chi connectivity index (χ1n) is 5.81. The molecule has 0 aliphatic carbocycles. The van der Waals surface area contributed by atoms with E-state index in [0.29, 0.717) is 5.56 Å². The van der Waals surface area contributed by atoms with Crippen molar-refractivity contribution >= 4 is 21.2 Å². The molecule has 0 aliphatic rings. The van der Waals surface area contributed by atoms with Crippen molar-refractivity contribution in [3.05, 3.63) is 64.0 Å². The molecule has 0 aliphatic heterocycles. The molecule has 110 valence electrons. The van der Waals surface area contributed by atoms with Crippen molar-refractivity contribution in [1.29, 1.82) is 0 Å². The first kappa shape index (κ1) is 14.9. The van der Waals surface area contributed by atoms with E-state index < -0.39 is 26.3 Å². The SMILES string of the molecule is Nc1ccc(F)cc1S(=O)(=O)Cc1ccc([N+](=O)[O-])cc1. The van der Waals surface area contributed by atoms with Gasteiger partial charge in [0.2, 0.25) is 0 Å². The third-order valence-corrected chi connectivity index (χ3v) is 4.55.